The first kappa shape index (κ1) is 30.3. The van der Waals surface area contributed by atoms with Crippen molar-refractivity contribution in [2.45, 2.75) is 59.0 Å². The second-order valence-corrected chi connectivity index (χ2v) is 12.4. The lowest BCUT2D eigenvalue weighted by Crippen LogP contribution is -2.46. The van der Waals surface area contributed by atoms with Gasteiger partial charge in [0.05, 0.1) is 24.2 Å². The Morgan fingerprint density at radius 2 is 1.88 bits per heavy atom. The van der Waals surface area contributed by atoms with E-state index in [1.54, 1.807) is 17.5 Å². The lowest BCUT2D eigenvalue weighted by atomic mass is 10.0. The molecule has 0 bridgehead atoms. The van der Waals surface area contributed by atoms with Crippen LogP contribution in [0.15, 0.2) is 40.9 Å². The van der Waals surface area contributed by atoms with Crippen molar-refractivity contribution < 1.29 is 23.9 Å². The van der Waals surface area contributed by atoms with Gasteiger partial charge in [-0.25, -0.2) is 15.6 Å². The number of rotatable bonds is 12. The minimum atomic E-state index is -0.947. The van der Waals surface area contributed by atoms with Gasteiger partial charge in [-0.2, -0.15) is 4.41 Å². The first-order chi connectivity index (χ1) is 19.6. The van der Waals surface area contributed by atoms with E-state index in [2.05, 4.69) is 29.2 Å². The van der Waals surface area contributed by atoms with Crippen LogP contribution in [0.25, 0.3) is 0 Å². The van der Waals surface area contributed by atoms with E-state index in [0.29, 0.717) is 35.5 Å². The van der Waals surface area contributed by atoms with E-state index in [4.69, 9.17) is 10.6 Å². The highest BCUT2D eigenvalue weighted by molar-refractivity contribution is 8.01. The molecule has 1 fully saturated rings. The number of thiazole rings is 1. The van der Waals surface area contributed by atoms with Gasteiger partial charge >= 0.3 is 6.03 Å². The molecule has 1 aliphatic heterocycles. The summed E-state index contributed by atoms with van der Waals surface area (Å²) in [5.74, 6) is 4.83. The second-order valence-electron chi connectivity index (χ2n) is 10.7. The summed E-state index contributed by atoms with van der Waals surface area (Å²) in [5.41, 5.74) is 5.05. The van der Waals surface area contributed by atoms with Gasteiger partial charge < -0.3 is 14.4 Å². The molecule has 41 heavy (non-hydrogen) atoms. The Morgan fingerprint density at radius 1 is 1.17 bits per heavy atom. The molecule has 2 heterocycles. The molecule has 14 heteroatoms. The maximum absolute atomic E-state index is 13.8. The number of amides is 4. The molecule has 220 valence electrons. The van der Waals surface area contributed by atoms with Gasteiger partial charge in [0.25, 0.3) is 11.8 Å². The van der Waals surface area contributed by atoms with Crippen molar-refractivity contribution in [2.24, 2.45) is 17.7 Å². The van der Waals surface area contributed by atoms with Gasteiger partial charge in [0.2, 0.25) is 5.09 Å². The quantitative estimate of drug-likeness (QED) is 0.0816. The molecule has 4 N–H and O–H groups in total. The molecule has 1 atom stereocenters. The summed E-state index contributed by atoms with van der Waals surface area (Å²) in [6.45, 7) is 8.97. The maximum Gasteiger partial charge on any atom is 0.361 e. The molecular formula is C27H35N7O5S2. The van der Waals surface area contributed by atoms with E-state index in [9.17, 15) is 19.2 Å². The molecular weight excluding hydrogens is 566 g/mol. The van der Waals surface area contributed by atoms with Crippen LogP contribution in [0.1, 0.15) is 67.8 Å². The van der Waals surface area contributed by atoms with Gasteiger partial charge in [-0.1, -0.05) is 27.7 Å². The van der Waals surface area contributed by atoms with E-state index in [0.717, 1.165) is 45.8 Å². The zero-order valence-electron chi connectivity index (χ0n) is 23.4. The van der Waals surface area contributed by atoms with Crippen LogP contribution >= 0.6 is 23.3 Å². The molecule has 1 aliphatic carbocycles. The van der Waals surface area contributed by atoms with Crippen LogP contribution in [-0.4, -0.2) is 57.1 Å². The Bertz CT molecular complexity index is 1290. The number of nitrogens with one attached hydrogen (secondary N) is 2. The Hall–Kier alpha value is -3.62. The predicted molar refractivity (Wildman–Crippen MR) is 158 cm³/mol. The number of ether oxygens (including phenoxy) is 1. The molecule has 1 aromatic carbocycles. The third-order valence-electron chi connectivity index (χ3n) is 6.25. The first-order valence-corrected chi connectivity index (χ1v) is 15.0. The molecule has 4 rings (SSSR count). The number of anilines is 1. The highest BCUT2D eigenvalue weighted by Crippen LogP contribution is 2.35. The van der Waals surface area contributed by atoms with Crippen molar-refractivity contribution in [3.63, 3.8) is 0 Å². The van der Waals surface area contributed by atoms with Crippen LogP contribution < -0.4 is 26.3 Å². The second kappa shape index (κ2) is 13.4. The lowest BCUT2D eigenvalue weighted by Gasteiger charge is -2.27. The van der Waals surface area contributed by atoms with E-state index in [1.165, 1.54) is 29.7 Å². The minimum absolute atomic E-state index is 0.0678. The highest BCUT2D eigenvalue weighted by Gasteiger charge is 2.35. The average molecular weight is 602 g/mol. The van der Waals surface area contributed by atoms with Gasteiger partial charge in [-0.05, 0) is 55.4 Å². The summed E-state index contributed by atoms with van der Waals surface area (Å²) in [6.07, 6.45) is 4.64. The average Bonchev–Trinajstić information content (AvgIpc) is 3.48. The van der Waals surface area contributed by atoms with E-state index in [-0.39, 0.29) is 17.2 Å². The fraction of sp³-hybridized carbons (Fsp3) is 0.444. The maximum atomic E-state index is 13.8. The van der Waals surface area contributed by atoms with Gasteiger partial charge in [0.15, 0.2) is 5.13 Å². The summed E-state index contributed by atoms with van der Waals surface area (Å²) in [7, 11) is 0. The van der Waals surface area contributed by atoms with Crippen LogP contribution in [0.4, 0.5) is 9.93 Å². The Balaban J connectivity index is 1.53. The Labute approximate surface area is 247 Å². The number of carbonyl (C=O) groups excluding carboxylic acids is 4. The Kier molecular flexibility index (Phi) is 9.89. The number of hydrogen-bond donors (Lipinski definition) is 3. The number of aromatic nitrogens is 1. The molecule has 12 nitrogen and oxygen atoms in total. The molecule has 0 spiro atoms. The van der Waals surface area contributed by atoms with Crippen molar-refractivity contribution in [2.75, 3.05) is 11.4 Å². The van der Waals surface area contributed by atoms with E-state index >= 15 is 0 Å². The van der Waals surface area contributed by atoms with Crippen molar-refractivity contribution in [3.8, 4) is 5.75 Å². The predicted octanol–water partition coefficient (Wildman–Crippen LogP) is 3.89. The van der Waals surface area contributed by atoms with Crippen molar-refractivity contribution in [1.29, 1.82) is 0 Å². The van der Waals surface area contributed by atoms with Crippen molar-refractivity contribution >= 4 is 52.5 Å². The minimum Gasteiger partial charge on any atom is -0.447 e. The number of benzene rings is 1. The topological polar surface area (TPSA) is 150 Å². The van der Waals surface area contributed by atoms with Gasteiger partial charge in [-0.3, -0.25) is 25.3 Å². The third kappa shape index (κ3) is 7.57. The molecule has 2 aliphatic rings. The van der Waals surface area contributed by atoms with Crippen molar-refractivity contribution in [3.05, 3.63) is 52.2 Å². The van der Waals surface area contributed by atoms with Crippen LogP contribution in [0.5, 0.6) is 5.75 Å². The Morgan fingerprint density at radius 3 is 2.46 bits per heavy atom. The number of nitrogens with two attached hydrogens (primary N) is 1. The number of imide groups is 1. The van der Waals surface area contributed by atoms with Crippen LogP contribution in [-0.2, 0) is 4.79 Å². The lowest BCUT2D eigenvalue weighted by molar-refractivity contribution is -0.111. The summed E-state index contributed by atoms with van der Waals surface area (Å²) >= 11 is 2.36. The van der Waals surface area contributed by atoms with Gasteiger partial charge in [0, 0.05) is 23.5 Å². The third-order valence-corrected chi connectivity index (χ3v) is 7.97. The number of aldehydes is 1. The molecule has 0 saturated heterocycles. The highest BCUT2D eigenvalue weighted by atomic mass is 32.2. The van der Waals surface area contributed by atoms with E-state index < -0.39 is 23.9 Å². The normalized spacial score (nSPS) is 15.3. The number of hydrogen-bond acceptors (Lipinski definition) is 11. The largest absolute Gasteiger partial charge is 0.447 e. The zero-order chi connectivity index (χ0) is 29.7. The first-order valence-electron chi connectivity index (χ1n) is 13.4. The molecule has 2 aromatic rings. The standard InChI is InChI=1S/C27H35N7O5S2/c1-16(2)11-20(14-35)33(25(37)22-15-40-27(30-22)32(13-17(3)4)19-7-8-19)24(36)18-5-9-21(10-6-18)39-23-12-29-34(41-23)26(38)31-28/h5-6,9-10,12,14-17,19-20,29H,7-8,11,13,28H2,1-4H3,(H,31,38)/t20-/m0/s1. The zero-order valence-corrected chi connectivity index (χ0v) is 25.0. The van der Waals surface area contributed by atoms with Gasteiger partial charge in [0.1, 0.15) is 17.7 Å². The molecule has 1 saturated carbocycles. The number of urea groups is 1. The number of carbonyl (C=O) groups is 4. The molecule has 1 aromatic heterocycles. The van der Waals surface area contributed by atoms with Crippen LogP contribution in [0.3, 0.4) is 0 Å². The van der Waals surface area contributed by atoms with Crippen LogP contribution in [0.2, 0.25) is 0 Å². The summed E-state index contributed by atoms with van der Waals surface area (Å²) in [6, 6.07) is 5.10. The smallest absolute Gasteiger partial charge is 0.361 e. The monoisotopic (exact) mass is 601 g/mol. The number of nitrogens with zero attached hydrogens (tertiary/aromatic N) is 4. The SMILES string of the molecule is CC(C)C[C@@H](C=O)N(C(=O)c1ccc(OC2=CNN(C(=O)NN)S2)cc1)C(=O)c1csc(N(CC(C)C)C2CC2)n1. The molecule has 0 radical (unpaired) electrons. The van der Waals surface area contributed by atoms with E-state index in [1.807, 2.05) is 19.3 Å². The molecule has 4 amide bonds. The number of hydrazine groups is 2. The summed E-state index contributed by atoms with van der Waals surface area (Å²) in [5, 5.41) is 2.79. The summed E-state index contributed by atoms with van der Waals surface area (Å²) < 4.78 is 6.89. The van der Waals surface area contributed by atoms with Crippen molar-refractivity contribution in [1.82, 2.24) is 25.1 Å². The van der Waals surface area contributed by atoms with Gasteiger partial charge in [-0.15, -0.1) is 11.3 Å². The molecule has 0 unspecified atom stereocenters. The summed E-state index contributed by atoms with van der Waals surface area (Å²) in [4.78, 5) is 59.2. The fourth-order valence-corrected chi connectivity index (χ4v) is 5.80. The van der Waals surface area contributed by atoms with Crippen LogP contribution in [0, 0.1) is 11.8 Å². The fourth-order valence-electron chi connectivity index (χ4n) is 4.26.